The summed E-state index contributed by atoms with van der Waals surface area (Å²) in [5.74, 6) is 0.419. The lowest BCUT2D eigenvalue weighted by atomic mass is 10.1. The predicted octanol–water partition coefficient (Wildman–Crippen LogP) is 5.06. The highest BCUT2D eigenvalue weighted by Gasteiger charge is 2.30. The van der Waals surface area contributed by atoms with Crippen LogP contribution in [-0.4, -0.2) is 43.8 Å². The predicted molar refractivity (Wildman–Crippen MR) is 147 cm³/mol. The minimum Gasteiger partial charge on any atom is -0.447 e. The first kappa shape index (κ1) is 26.0. The van der Waals surface area contributed by atoms with Crippen LogP contribution >= 0.6 is 11.3 Å². The molecular weight excluding hydrogens is 504 g/mol. The van der Waals surface area contributed by atoms with E-state index >= 15 is 0 Å². The molecule has 4 aromatic rings. The van der Waals surface area contributed by atoms with Crippen molar-refractivity contribution in [2.24, 2.45) is 0 Å². The fourth-order valence-electron chi connectivity index (χ4n) is 4.74. The van der Waals surface area contributed by atoms with Crippen molar-refractivity contribution < 1.29 is 13.9 Å². The highest BCUT2D eigenvalue weighted by Crippen LogP contribution is 2.32. The van der Waals surface area contributed by atoms with Gasteiger partial charge in [0.25, 0.3) is 5.56 Å². The van der Waals surface area contributed by atoms with E-state index in [0.717, 1.165) is 22.6 Å². The molecule has 0 radical (unpaired) electrons. The average Bonchev–Trinajstić information content (AvgIpc) is 3.54. The number of oxazole rings is 1. The number of piperidine rings is 1. The molecule has 3 aromatic heterocycles. The van der Waals surface area contributed by atoms with Gasteiger partial charge in [-0.1, -0.05) is 37.3 Å². The van der Waals surface area contributed by atoms with Crippen LogP contribution in [0.5, 0.6) is 0 Å². The number of hydrogen-bond acceptors (Lipinski definition) is 7. The van der Waals surface area contributed by atoms with Gasteiger partial charge >= 0.3 is 11.8 Å². The lowest BCUT2D eigenvalue weighted by Crippen LogP contribution is -2.47. The van der Waals surface area contributed by atoms with Gasteiger partial charge < -0.3 is 14.1 Å². The second-order valence-electron chi connectivity index (χ2n) is 10.5. The van der Waals surface area contributed by atoms with E-state index in [1.54, 1.807) is 15.7 Å². The summed E-state index contributed by atoms with van der Waals surface area (Å²) in [6.45, 7) is 8.41. The third-order valence-corrected chi connectivity index (χ3v) is 7.81. The average molecular weight is 537 g/mol. The van der Waals surface area contributed by atoms with E-state index in [-0.39, 0.29) is 24.2 Å². The normalized spacial score (nSPS) is 14.8. The summed E-state index contributed by atoms with van der Waals surface area (Å²) < 4.78 is 14.6. The molecule has 9 nitrogen and oxygen atoms in total. The molecule has 1 saturated heterocycles. The number of carbonyl (C=O) groups excluding carboxylic acids is 1. The summed E-state index contributed by atoms with van der Waals surface area (Å²) in [5.41, 5.74) is 1.08. The molecule has 0 spiro atoms. The van der Waals surface area contributed by atoms with Crippen molar-refractivity contribution in [1.29, 1.82) is 0 Å². The molecule has 0 unspecified atom stereocenters. The quantitative estimate of drug-likeness (QED) is 0.353. The zero-order valence-corrected chi connectivity index (χ0v) is 22.9. The van der Waals surface area contributed by atoms with Crippen LogP contribution in [0, 0.1) is 0 Å². The summed E-state index contributed by atoms with van der Waals surface area (Å²) in [6.07, 6.45) is 2.91. The van der Waals surface area contributed by atoms with Crippen molar-refractivity contribution in [1.82, 2.24) is 19.0 Å². The van der Waals surface area contributed by atoms with Gasteiger partial charge in [-0.2, -0.15) is 0 Å². The van der Waals surface area contributed by atoms with E-state index in [4.69, 9.17) is 9.15 Å². The maximum Gasteiger partial charge on any atom is 0.410 e. The number of aromatic nitrogens is 3. The number of hydrogen-bond donors (Lipinski definition) is 0. The Hall–Kier alpha value is -3.66. The molecule has 1 aliphatic rings. The van der Waals surface area contributed by atoms with Crippen molar-refractivity contribution in [3.8, 4) is 10.4 Å². The first-order chi connectivity index (χ1) is 18.1. The maximum absolute atomic E-state index is 13.9. The number of thiophene rings is 1. The van der Waals surface area contributed by atoms with Crippen molar-refractivity contribution >= 4 is 27.6 Å². The Morgan fingerprint density at radius 2 is 1.87 bits per heavy atom. The number of ether oxygens (including phenoxy) is 1. The zero-order chi connectivity index (χ0) is 27.0. The van der Waals surface area contributed by atoms with Gasteiger partial charge in [0, 0.05) is 24.0 Å². The monoisotopic (exact) mass is 536 g/mol. The van der Waals surface area contributed by atoms with Crippen LogP contribution in [-0.2, 0) is 17.7 Å². The van der Waals surface area contributed by atoms with Gasteiger partial charge in [0.05, 0.1) is 11.2 Å². The summed E-state index contributed by atoms with van der Waals surface area (Å²) in [6, 6.07) is 11.4. The van der Waals surface area contributed by atoms with Crippen LogP contribution < -0.4 is 11.2 Å². The number of amides is 1. The highest BCUT2D eigenvalue weighted by molar-refractivity contribution is 7.22. The summed E-state index contributed by atoms with van der Waals surface area (Å²) in [7, 11) is 0. The molecule has 0 aliphatic carbocycles. The van der Waals surface area contributed by atoms with Gasteiger partial charge in [-0.15, -0.1) is 11.3 Å². The van der Waals surface area contributed by atoms with Crippen molar-refractivity contribution in [2.75, 3.05) is 13.1 Å². The van der Waals surface area contributed by atoms with Gasteiger partial charge in [0.2, 0.25) is 5.89 Å². The minimum absolute atomic E-state index is 0.122. The SMILES string of the molecule is CCc1coc(Cn2c(=O)n(C3CCN(C(=O)OC(C)(C)C)CC3)c(=O)c3sc(-c4ccccc4)cc32)n1. The number of carbonyl (C=O) groups is 1. The van der Waals surface area contributed by atoms with Gasteiger partial charge in [0.15, 0.2) is 0 Å². The van der Waals surface area contributed by atoms with Crippen LogP contribution in [0.3, 0.4) is 0 Å². The molecule has 200 valence electrons. The standard InChI is InChI=1S/C28H32N4O5S/c1-5-19-17-36-23(29-19)16-31-21-15-22(18-9-7-6-8-10-18)38-24(21)25(33)32(26(31)34)20-11-13-30(14-12-20)27(35)37-28(2,3)4/h6-10,15,17,20H,5,11-14,16H2,1-4H3. The molecule has 5 rings (SSSR count). The maximum atomic E-state index is 13.9. The van der Waals surface area contributed by atoms with Crippen LogP contribution in [0.1, 0.15) is 58.2 Å². The van der Waals surface area contributed by atoms with Crippen LogP contribution in [0.25, 0.3) is 20.7 Å². The molecule has 1 fully saturated rings. The topological polar surface area (TPSA) is 99.6 Å². The minimum atomic E-state index is -0.587. The third-order valence-electron chi connectivity index (χ3n) is 6.65. The van der Waals surface area contributed by atoms with E-state index in [0.29, 0.717) is 42.0 Å². The van der Waals surface area contributed by atoms with Gasteiger partial charge in [-0.3, -0.25) is 13.9 Å². The summed E-state index contributed by atoms with van der Waals surface area (Å²) >= 11 is 1.38. The molecule has 0 N–H and O–H groups in total. The lowest BCUT2D eigenvalue weighted by Gasteiger charge is -2.34. The number of nitrogens with zero attached hydrogens (tertiary/aromatic N) is 4. The second-order valence-corrected chi connectivity index (χ2v) is 11.6. The first-order valence-electron chi connectivity index (χ1n) is 12.9. The van der Waals surface area contributed by atoms with E-state index in [1.807, 2.05) is 64.1 Å². The number of aryl methyl sites for hydroxylation is 1. The number of likely N-dealkylation sites (tertiary alicyclic amines) is 1. The molecule has 1 amide bonds. The number of fused-ring (bicyclic) bond motifs is 1. The highest BCUT2D eigenvalue weighted by atomic mass is 32.1. The Morgan fingerprint density at radius 3 is 2.50 bits per heavy atom. The van der Waals surface area contributed by atoms with Gasteiger partial charge in [-0.05, 0) is 51.7 Å². The number of rotatable bonds is 5. The van der Waals surface area contributed by atoms with Gasteiger partial charge in [0.1, 0.15) is 23.1 Å². The Balaban J connectivity index is 1.54. The fraction of sp³-hybridized carbons (Fsp3) is 0.429. The molecule has 10 heteroatoms. The Morgan fingerprint density at radius 1 is 1.16 bits per heavy atom. The molecule has 0 bridgehead atoms. The van der Waals surface area contributed by atoms with E-state index in [9.17, 15) is 14.4 Å². The first-order valence-corrected chi connectivity index (χ1v) is 13.7. The molecule has 0 atom stereocenters. The van der Waals surface area contributed by atoms with Crippen LogP contribution in [0.15, 0.2) is 56.7 Å². The van der Waals surface area contributed by atoms with Crippen LogP contribution in [0.2, 0.25) is 0 Å². The van der Waals surface area contributed by atoms with Crippen molar-refractivity contribution in [2.45, 2.75) is 65.1 Å². The molecule has 1 aromatic carbocycles. The zero-order valence-electron chi connectivity index (χ0n) is 22.1. The largest absolute Gasteiger partial charge is 0.447 e. The summed E-state index contributed by atoms with van der Waals surface area (Å²) in [4.78, 5) is 47.2. The summed E-state index contributed by atoms with van der Waals surface area (Å²) in [5, 5.41) is 0. The van der Waals surface area contributed by atoms with E-state index in [1.165, 1.54) is 15.9 Å². The molecule has 4 heterocycles. The van der Waals surface area contributed by atoms with Gasteiger partial charge in [-0.25, -0.2) is 14.6 Å². The fourth-order valence-corrected chi connectivity index (χ4v) is 5.84. The second kappa shape index (κ2) is 10.2. The van der Waals surface area contributed by atoms with E-state index < -0.39 is 11.3 Å². The Labute approximate surface area is 224 Å². The Kier molecular flexibility index (Phi) is 7.00. The third kappa shape index (κ3) is 5.18. The van der Waals surface area contributed by atoms with E-state index in [2.05, 4.69) is 4.98 Å². The number of benzene rings is 1. The smallest absolute Gasteiger partial charge is 0.410 e. The molecule has 1 aliphatic heterocycles. The van der Waals surface area contributed by atoms with Crippen molar-refractivity contribution in [3.05, 3.63) is 75.1 Å². The Bertz CT molecular complexity index is 1570. The van der Waals surface area contributed by atoms with Crippen LogP contribution in [0.4, 0.5) is 4.79 Å². The van der Waals surface area contributed by atoms with Crippen molar-refractivity contribution in [3.63, 3.8) is 0 Å². The molecular formula is C28H32N4O5S. The molecule has 0 saturated carbocycles. The molecule has 38 heavy (non-hydrogen) atoms. The lowest BCUT2D eigenvalue weighted by molar-refractivity contribution is 0.0186.